The molecule has 0 saturated heterocycles. The molecule has 1 fully saturated rings. The maximum absolute atomic E-state index is 13.1. The van der Waals surface area contributed by atoms with Gasteiger partial charge in [-0.15, -0.1) is 0 Å². The molecule has 0 bridgehead atoms. The number of hydrogen-bond acceptors (Lipinski definition) is 3. The zero-order valence-corrected chi connectivity index (χ0v) is 14.6. The third-order valence-electron chi connectivity index (χ3n) is 4.03. The number of halogens is 4. The van der Waals surface area contributed by atoms with Gasteiger partial charge in [-0.3, -0.25) is 15.1 Å². The molecule has 9 heteroatoms. The summed E-state index contributed by atoms with van der Waals surface area (Å²) in [5, 5.41) is 4.93. The second kappa shape index (κ2) is 7.56. The van der Waals surface area contributed by atoms with Crippen LogP contribution in [0.15, 0.2) is 42.6 Å². The summed E-state index contributed by atoms with van der Waals surface area (Å²) in [6, 6.07) is 7.15. The summed E-state index contributed by atoms with van der Waals surface area (Å²) < 4.78 is 39.2. The summed E-state index contributed by atoms with van der Waals surface area (Å²) in [4.78, 5) is 28.5. The number of urea groups is 1. The Morgan fingerprint density at radius 1 is 1.19 bits per heavy atom. The molecule has 1 atom stereocenters. The highest BCUT2D eigenvalue weighted by Crippen LogP contribution is 2.34. The van der Waals surface area contributed by atoms with Crippen molar-refractivity contribution in [1.29, 1.82) is 0 Å². The number of carbonyl (C=O) groups is 2. The van der Waals surface area contributed by atoms with Crippen molar-refractivity contribution < 1.29 is 22.8 Å². The van der Waals surface area contributed by atoms with Crippen LogP contribution in [0.25, 0.3) is 0 Å². The summed E-state index contributed by atoms with van der Waals surface area (Å²) in [5.41, 5.74) is -0.850. The van der Waals surface area contributed by atoms with Gasteiger partial charge in [0.25, 0.3) is 0 Å². The number of alkyl halides is 3. The van der Waals surface area contributed by atoms with E-state index < -0.39 is 29.6 Å². The van der Waals surface area contributed by atoms with E-state index in [0.29, 0.717) is 0 Å². The SMILES string of the molecule is O=C(NC(=O)C(c1cc(C(F)(F)F)ccn1)c1ccccc1Cl)NC1CC1. The molecule has 1 aromatic heterocycles. The van der Waals surface area contributed by atoms with Gasteiger partial charge in [0.05, 0.1) is 11.3 Å². The van der Waals surface area contributed by atoms with E-state index >= 15 is 0 Å². The lowest BCUT2D eigenvalue weighted by molar-refractivity contribution is -0.137. The highest BCUT2D eigenvalue weighted by Gasteiger charge is 2.34. The molecule has 1 heterocycles. The lowest BCUT2D eigenvalue weighted by atomic mass is 9.93. The summed E-state index contributed by atoms with van der Waals surface area (Å²) in [5.74, 6) is -2.08. The fraction of sp³-hybridized carbons (Fsp3) is 0.278. The summed E-state index contributed by atoms with van der Waals surface area (Å²) in [6.45, 7) is 0. The topological polar surface area (TPSA) is 71.1 Å². The van der Waals surface area contributed by atoms with Gasteiger partial charge in [-0.25, -0.2) is 4.79 Å². The number of nitrogens with one attached hydrogen (secondary N) is 2. The Labute approximate surface area is 157 Å². The van der Waals surface area contributed by atoms with E-state index in [9.17, 15) is 22.8 Å². The van der Waals surface area contributed by atoms with Crippen molar-refractivity contribution >= 4 is 23.5 Å². The van der Waals surface area contributed by atoms with Crippen LogP contribution in [0.1, 0.15) is 35.6 Å². The molecule has 1 unspecified atom stereocenters. The van der Waals surface area contributed by atoms with Gasteiger partial charge in [-0.2, -0.15) is 13.2 Å². The summed E-state index contributed by atoms with van der Waals surface area (Å²) in [6.07, 6.45) is -1.97. The molecule has 1 aliphatic rings. The van der Waals surface area contributed by atoms with Crippen molar-refractivity contribution in [3.8, 4) is 0 Å². The minimum absolute atomic E-state index is 0.0169. The van der Waals surface area contributed by atoms with E-state index in [4.69, 9.17) is 11.6 Å². The number of rotatable bonds is 4. The van der Waals surface area contributed by atoms with E-state index in [0.717, 1.165) is 31.2 Å². The van der Waals surface area contributed by atoms with E-state index in [-0.39, 0.29) is 22.3 Å². The second-order valence-electron chi connectivity index (χ2n) is 6.16. The molecule has 1 saturated carbocycles. The van der Waals surface area contributed by atoms with Gasteiger partial charge in [0.1, 0.15) is 5.92 Å². The van der Waals surface area contributed by atoms with Gasteiger partial charge in [0, 0.05) is 17.3 Å². The number of carbonyl (C=O) groups excluding carboxylic acids is 2. The lowest BCUT2D eigenvalue weighted by Gasteiger charge is -2.19. The van der Waals surface area contributed by atoms with E-state index in [1.807, 2.05) is 0 Å². The molecule has 1 aromatic carbocycles. The molecule has 2 aromatic rings. The normalized spacial score (nSPS) is 15.1. The Morgan fingerprint density at radius 3 is 2.52 bits per heavy atom. The van der Waals surface area contributed by atoms with Crippen LogP contribution in [0.5, 0.6) is 0 Å². The fourth-order valence-electron chi connectivity index (χ4n) is 2.56. The van der Waals surface area contributed by atoms with E-state index in [2.05, 4.69) is 15.6 Å². The molecular weight excluding hydrogens is 383 g/mol. The third-order valence-corrected chi connectivity index (χ3v) is 4.38. The van der Waals surface area contributed by atoms with E-state index in [1.165, 1.54) is 12.1 Å². The van der Waals surface area contributed by atoms with Crippen LogP contribution in [0.4, 0.5) is 18.0 Å². The minimum atomic E-state index is -4.59. The molecule has 1 aliphatic carbocycles. The number of imide groups is 1. The summed E-state index contributed by atoms with van der Waals surface area (Å²) >= 11 is 6.14. The Morgan fingerprint density at radius 2 is 1.89 bits per heavy atom. The van der Waals surface area contributed by atoms with Gasteiger partial charge < -0.3 is 5.32 Å². The molecule has 0 radical (unpaired) electrons. The number of hydrogen-bond donors (Lipinski definition) is 2. The van der Waals surface area contributed by atoms with E-state index in [1.54, 1.807) is 12.1 Å². The van der Waals surface area contributed by atoms with Crippen LogP contribution >= 0.6 is 11.6 Å². The molecule has 27 heavy (non-hydrogen) atoms. The van der Waals surface area contributed by atoms with Crippen LogP contribution in [0.2, 0.25) is 5.02 Å². The first-order chi connectivity index (χ1) is 12.8. The number of amides is 3. The van der Waals surface area contributed by atoms with Gasteiger partial charge >= 0.3 is 12.2 Å². The maximum atomic E-state index is 13.1. The van der Waals surface area contributed by atoms with Crippen LogP contribution in [-0.4, -0.2) is 23.0 Å². The number of benzene rings is 1. The van der Waals surface area contributed by atoms with Gasteiger partial charge in [-0.05, 0) is 36.6 Å². The molecule has 0 aliphatic heterocycles. The number of aromatic nitrogens is 1. The maximum Gasteiger partial charge on any atom is 0.416 e. The Bertz CT molecular complexity index is 869. The zero-order chi connectivity index (χ0) is 19.6. The van der Waals surface area contributed by atoms with Crippen molar-refractivity contribution in [3.05, 3.63) is 64.4 Å². The van der Waals surface area contributed by atoms with Crippen molar-refractivity contribution in [2.24, 2.45) is 0 Å². The second-order valence-corrected chi connectivity index (χ2v) is 6.57. The zero-order valence-electron chi connectivity index (χ0n) is 13.9. The Balaban J connectivity index is 1.96. The molecule has 0 spiro atoms. The average Bonchev–Trinajstić information content (AvgIpc) is 3.40. The average molecular weight is 398 g/mol. The largest absolute Gasteiger partial charge is 0.416 e. The molecule has 3 amide bonds. The van der Waals surface area contributed by atoms with Crippen LogP contribution in [0, 0.1) is 0 Å². The molecule has 142 valence electrons. The van der Waals surface area contributed by atoms with Crippen molar-refractivity contribution in [2.75, 3.05) is 0 Å². The Hall–Kier alpha value is -2.61. The van der Waals surface area contributed by atoms with Gasteiger partial charge in [0.15, 0.2) is 0 Å². The highest BCUT2D eigenvalue weighted by molar-refractivity contribution is 6.31. The van der Waals surface area contributed by atoms with Crippen LogP contribution in [0.3, 0.4) is 0 Å². The third kappa shape index (κ3) is 4.77. The molecule has 5 nitrogen and oxygen atoms in total. The standard InChI is InChI=1S/C18H15ClF3N3O2/c19-13-4-2-1-3-12(13)15(16(26)25-17(27)24-11-5-6-11)14-9-10(7-8-23-14)18(20,21)22/h1-4,7-9,11,15H,5-6H2,(H2,24,25,26,27). The first-order valence-electron chi connectivity index (χ1n) is 8.14. The van der Waals surface area contributed by atoms with Crippen molar-refractivity contribution in [3.63, 3.8) is 0 Å². The Kier molecular flexibility index (Phi) is 5.36. The predicted molar refractivity (Wildman–Crippen MR) is 92.2 cm³/mol. The number of pyridine rings is 1. The quantitative estimate of drug-likeness (QED) is 0.822. The first-order valence-corrected chi connectivity index (χ1v) is 8.52. The molecule has 2 N–H and O–H groups in total. The number of nitrogens with zero attached hydrogens (tertiary/aromatic N) is 1. The molecule has 3 rings (SSSR count). The van der Waals surface area contributed by atoms with Crippen molar-refractivity contribution in [1.82, 2.24) is 15.6 Å². The monoisotopic (exact) mass is 397 g/mol. The summed E-state index contributed by atoms with van der Waals surface area (Å²) in [7, 11) is 0. The lowest BCUT2D eigenvalue weighted by Crippen LogP contribution is -2.43. The van der Waals surface area contributed by atoms with Gasteiger partial charge in [-0.1, -0.05) is 29.8 Å². The first kappa shape index (κ1) is 19.2. The highest BCUT2D eigenvalue weighted by atomic mass is 35.5. The van der Waals surface area contributed by atoms with Crippen molar-refractivity contribution in [2.45, 2.75) is 31.0 Å². The molecular formula is C18H15ClF3N3O2. The van der Waals surface area contributed by atoms with Crippen LogP contribution < -0.4 is 10.6 Å². The van der Waals surface area contributed by atoms with Crippen LogP contribution in [-0.2, 0) is 11.0 Å². The smallest absolute Gasteiger partial charge is 0.335 e. The minimum Gasteiger partial charge on any atom is -0.335 e. The fourth-order valence-corrected chi connectivity index (χ4v) is 2.80. The van der Waals surface area contributed by atoms with Gasteiger partial charge in [0.2, 0.25) is 5.91 Å². The predicted octanol–water partition coefficient (Wildman–Crippen LogP) is 3.87.